The van der Waals surface area contributed by atoms with Crippen molar-refractivity contribution in [1.82, 2.24) is 15.1 Å². The lowest BCUT2D eigenvalue weighted by atomic mass is 9.98. The molecule has 114 valence electrons. The first kappa shape index (κ1) is 15.6. The molecule has 0 fully saturated rings. The van der Waals surface area contributed by atoms with Crippen molar-refractivity contribution in [2.45, 2.75) is 39.8 Å². The van der Waals surface area contributed by atoms with Crippen molar-refractivity contribution >= 4 is 0 Å². The van der Waals surface area contributed by atoms with Crippen molar-refractivity contribution in [3.63, 3.8) is 0 Å². The minimum atomic E-state index is 0.0594. The molecule has 1 unspecified atom stereocenters. The molecular formula is C17H25N3O. The Morgan fingerprint density at radius 1 is 1.19 bits per heavy atom. The molecule has 0 aliphatic carbocycles. The van der Waals surface area contributed by atoms with Gasteiger partial charge >= 0.3 is 0 Å². The number of rotatable bonds is 5. The molecule has 0 saturated heterocycles. The number of hydrogen-bond acceptors (Lipinski definition) is 3. The van der Waals surface area contributed by atoms with Crippen LogP contribution in [-0.4, -0.2) is 23.9 Å². The summed E-state index contributed by atoms with van der Waals surface area (Å²) >= 11 is 0. The number of aromatic nitrogens is 2. The summed E-state index contributed by atoms with van der Waals surface area (Å²) in [7, 11) is 3.66. The number of methoxy groups -OCH3 is 1. The summed E-state index contributed by atoms with van der Waals surface area (Å²) in [5.41, 5.74) is 4.89. The average molecular weight is 287 g/mol. The fourth-order valence-corrected chi connectivity index (χ4v) is 2.60. The lowest BCUT2D eigenvalue weighted by molar-refractivity contribution is 0.396. The summed E-state index contributed by atoms with van der Waals surface area (Å²) in [6.07, 6.45) is 1.79. The van der Waals surface area contributed by atoms with E-state index in [-0.39, 0.29) is 12.1 Å². The molecule has 2 aromatic rings. The van der Waals surface area contributed by atoms with Crippen LogP contribution in [0.25, 0.3) is 0 Å². The highest BCUT2D eigenvalue weighted by Gasteiger charge is 2.23. The number of nitrogens with zero attached hydrogens (tertiary/aromatic N) is 2. The number of hydrogen-bond donors (Lipinski definition) is 1. The predicted molar refractivity (Wildman–Crippen MR) is 86.0 cm³/mol. The lowest BCUT2D eigenvalue weighted by Gasteiger charge is -2.22. The third-order valence-electron chi connectivity index (χ3n) is 3.93. The molecule has 0 spiro atoms. The summed E-state index contributed by atoms with van der Waals surface area (Å²) < 4.78 is 7.53. The van der Waals surface area contributed by atoms with E-state index in [4.69, 9.17) is 4.74 Å². The number of ether oxygens (including phenoxy) is 1. The molecule has 4 nitrogen and oxygen atoms in total. The van der Waals surface area contributed by atoms with Crippen LogP contribution in [0.4, 0.5) is 0 Å². The van der Waals surface area contributed by atoms with E-state index in [2.05, 4.69) is 56.3 Å². The molecule has 1 N–H and O–H groups in total. The van der Waals surface area contributed by atoms with Crippen LogP contribution in [0.3, 0.4) is 0 Å². The number of aryl methyl sites for hydroxylation is 2. The van der Waals surface area contributed by atoms with Gasteiger partial charge in [0.1, 0.15) is 5.69 Å². The normalized spacial score (nSPS) is 12.7. The molecule has 1 atom stereocenters. The molecule has 1 aromatic heterocycles. The lowest BCUT2D eigenvalue weighted by Crippen LogP contribution is -2.23. The minimum absolute atomic E-state index is 0.0594. The number of benzene rings is 1. The third-order valence-corrected chi connectivity index (χ3v) is 3.93. The molecule has 4 heteroatoms. The highest BCUT2D eigenvalue weighted by atomic mass is 16.5. The second-order valence-corrected chi connectivity index (χ2v) is 5.70. The first-order valence-corrected chi connectivity index (χ1v) is 7.35. The Bertz CT molecular complexity index is 616. The van der Waals surface area contributed by atoms with Crippen LogP contribution in [-0.2, 0) is 0 Å². The molecular weight excluding hydrogens is 262 g/mol. The summed E-state index contributed by atoms with van der Waals surface area (Å²) in [6.45, 7) is 8.53. The molecule has 2 rings (SSSR count). The molecule has 0 radical (unpaired) electrons. The van der Waals surface area contributed by atoms with E-state index in [1.807, 2.05) is 11.7 Å². The van der Waals surface area contributed by atoms with Gasteiger partial charge in [-0.25, -0.2) is 0 Å². The Morgan fingerprint density at radius 2 is 1.90 bits per heavy atom. The van der Waals surface area contributed by atoms with Crippen molar-refractivity contribution in [1.29, 1.82) is 0 Å². The molecule has 0 amide bonds. The first-order valence-electron chi connectivity index (χ1n) is 7.35. The second kappa shape index (κ2) is 6.31. The monoisotopic (exact) mass is 287 g/mol. The van der Waals surface area contributed by atoms with Crippen LogP contribution in [0.1, 0.15) is 48.3 Å². The quantitative estimate of drug-likeness (QED) is 0.916. The van der Waals surface area contributed by atoms with Crippen LogP contribution in [0.2, 0.25) is 0 Å². The van der Waals surface area contributed by atoms with E-state index in [0.717, 1.165) is 11.4 Å². The van der Waals surface area contributed by atoms with Gasteiger partial charge in [0.25, 0.3) is 0 Å². The summed E-state index contributed by atoms with van der Waals surface area (Å²) in [6, 6.07) is 6.90. The van der Waals surface area contributed by atoms with Gasteiger partial charge in [-0.1, -0.05) is 18.2 Å². The van der Waals surface area contributed by atoms with E-state index < -0.39 is 0 Å². The standard InChI is InChI=1S/C17H25N3O/c1-11(2)20-17(15(21-6)10-19-20)16(18-5)14-8-7-12(3)13(4)9-14/h7-11,16,18H,1-6H3. The van der Waals surface area contributed by atoms with Gasteiger partial charge in [-0.3, -0.25) is 4.68 Å². The Balaban J connectivity index is 2.55. The second-order valence-electron chi connectivity index (χ2n) is 5.70. The molecule has 0 saturated carbocycles. The van der Waals surface area contributed by atoms with Crippen LogP contribution >= 0.6 is 0 Å². The largest absolute Gasteiger partial charge is 0.493 e. The molecule has 0 aliphatic heterocycles. The summed E-state index contributed by atoms with van der Waals surface area (Å²) in [5, 5.41) is 7.87. The van der Waals surface area contributed by atoms with Crippen molar-refractivity contribution in [2.75, 3.05) is 14.2 Å². The number of nitrogens with one attached hydrogen (secondary N) is 1. The highest BCUT2D eigenvalue weighted by molar-refractivity contribution is 5.40. The van der Waals surface area contributed by atoms with E-state index in [1.165, 1.54) is 16.7 Å². The fraction of sp³-hybridized carbons (Fsp3) is 0.471. The van der Waals surface area contributed by atoms with E-state index in [1.54, 1.807) is 13.3 Å². The summed E-state index contributed by atoms with van der Waals surface area (Å²) in [5.74, 6) is 0.821. The zero-order valence-electron chi connectivity index (χ0n) is 13.8. The maximum absolute atomic E-state index is 5.51. The van der Waals surface area contributed by atoms with Crippen LogP contribution < -0.4 is 10.1 Å². The molecule has 21 heavy (non-hydrogen) atoms. The van der Waals surface area contributed by atoms with Crippen molar-refractivity contribution in [2.24, 2.45) is 0 Å². The zero-order valence-corrected chi connectivity index (χ0v) is 13.8. The van der Waals surface area contributed by atoms with Gasteiger partial charge in [0.15, 0.2) is 5.75 Å². The fourth-order valence-electron chi connectivity index (χ4n) is 2.60. The van der Waals surface area contributed by atoms with Crippen molar-refractivity contribution in [3.8, 4) is 5.75 Å². The van der Waals surface area contributed by atoms with Crippen LogP contribution in [0.5, 0.6) is 5.75 Å². The molecule has 0 aliphatic rings. The van der Waals surface area contributed by atoms with E-state index in [0.29, 0.717) is 0 Å². The van der Waals surface area contributed by atoms with Gasteiger partial charge in [0.05, 0.1) is 19.3 Å². The van der Waals surface area contributed by atoms with Crippen LogP contribution in [0.15, 0.2) is 24.4 Å². The Hall–Kier alpha value is -1.81. The van der Waals surface area contributed by atoms with Gasteiger partial charge in [0, 0.05) is 6.04 Å². The maximum atomic E-state index is 5.51. The molecule has 0 bridgehead atoms. The van der Waals surface area contributed by atoms with Gasteiger partial charge in [-0.05, 0) is 51.4 Å². The third kappa shape index (κ3) is 2.95. The first-order chi connectivity index (χ1) is 9.99. The molecule has 1 heterocycles. The van der Waals surface area contributed by atoms with E-state index >= 15 is 0 Å². The topological polar surface area (TPSA) is 39.1 Å². The zero-order chi connectivity index (χ0) is 15.6. The smallest absolute Gasteiger partial charge is 0.161 e. The Kier molecular flexibility index (Phi) is 4.68. The van der Waals surface area contributed by atoms with Gasteiger partial charge in [-0.15, -0.1) is 0 Å². The van der Waals surface area contributed by atoms with Crippen LogP contribution in [0, 0.1) is 13.8 Å². The van der Waals surface area contributed by atoms with Gasteiger partial charge < -0.3 is 10.1 Å². The highest BCUT2D eigenvalue weighted by Crippen LogP contribution is 2.32. The Labute approximate surface area is 127 Å². The summed E-state index contributed by atoms with van der Waals surface area (Å²) in [4.78, 5) is 0. The average Bonchev–Trinajstić information content (AvgIpc) is 2.87. The van der Waals surface area contributed by atoms with Crippen molar-refractivity contribution < 1.29 is 4.74 Å². The SMILES string of the molecule is CNC(c1ccc(C)c(C)c1)c1c(OC)cnn1C(C)C. The maximum Gasteiger partial charge on any atom is 0.161 e. The predicted octanol–water partition coefficient (Wildman–Crippen LogP) is 3.40. The van der Waals surface area contributed by atoms with Gasteiger partial charge in [0.2, 0.25) is 0 Å². The molecule has 1 aromatic carbocycles. The Morgan fingerprint density at radius 3 is 2.43 bits per heavy atom. The van der Waals surface area contributed by atoms with Crippen molar-refractivity contribution in [3.05, 3.63) is 46.8 Å². The van der Waals surface area contributed by atoms with Gasteiger partial charge in [-0.2, -0.15) is 5.10 Å². The minimum Gasteiger partial charge on any atom is -0.493 e. The van der Waals surface area contributed by atoms with E-state index in [9.17, 15) is 0 Å².